The van der Waals surface area contributed by atoms with Crippen molar-refractivity contribution in [2.24, 2.45) is 7.05 Å². The Morgan fingerprint density at radius 3 is 2.36 bits per heavy atom. The minimum Gasteiger partial charge on any atom is -0.350 e. The number of benzene rings is 2. The summed E-state index contributed by atoms with van der Waals surface area (Å²) in [6, 6.07) is 17.4. The first-order valence-electron chi connectivity index (χ1n) is 10.2. The van der Waals surface area contributed by atoms with Crippen molar-refractivity contribution in [2.75, 3.05) is 4.90 Å². The van der Waals surface area contributed by atoms with Gasteiger partial charge in [-0.2, -0.15) is 0 Å². The van der Waals surface area contributed by atoms with Crippen LogP contribution in [0, 0.1) is 0 Å². The van der Waals surface area contributed by atoms with Gasteiger partial charge in [0.1, 0.15) is 0 Å². The van der Waals surface area contributed by atoms with Crippen LogP contribution < -0.4 is 4.90 Å². The summed E-state index contributed by atoms with van der Waals surface area (Å²) in [5.41, 5.74) is 7.12. The molecule has 2 heteroatoms. The summed E-state index contributed by atoms with van der Waals surface area (Å²) in [6.07, 6.45) is 4.29. The highest BCUT2D eigenvalue weighted by molar-refractivity contribution is 5.98. The van der Waals surface area contributed by atoms with Crippen molar-refractivity contribution < 1.29 is 0 Å². The molecule has 28 heavy (non-hydrogen) atoms. The maximum absolute atomic E-state index is 4.28. The lowest BCUT2D eigenvalue weighted by Crippen LogP contribution is -2.19. The Morgan fingerprint density at radius 2 is 1.75 bits per heavy atom. The van der Waals surface area contributed by atoms with E-state index in [-0.39, 0.29) is 0 Å². The third kappa shape index (κ3) is 4.22. The molecule has 0 aliphatic carbocycles. The Hall–Kier alpha value is -2.74. The Morgan fingerprint density at radius 1 is 1.07 bits per heavy atom. The van der Waals surface area contributed by atoms with Crippen LogP contribution >= 0.6 is 0 Å². The van der Waals surface area contributed by atoms with Gasteiger partial charge in [-0.25, -0.2) is 0 Å². The third-order valence-electron chi connectivity index (χ3n) is 4.89. The van der Waals surface area contributed by atoms with Crippen molar-refractivity contribution in [3.05, 3.63) is 84.2 Å². The number of hydrogen-bond donors (Lipinski definition) is 0. The third-order valence-corrected chi connectivity index (χ3v) is 4.89. The number of anilines is 1. The van der Waals surface area contributed by atoms with Crippen LogP contribution in [0.25, 0.3) is 16.6 Å². The smallest absolute Gasteiger partial charge is 0.0552 e. The molecule has 0 bridgehead atoms. The molecule has 1 heterocycles. The molecule has 0 saturated carbocycles. The molecule has 0 aliphatic rings. The number of nitrogens with zero attached hydrogens (tertiary/aromatic N) is 2. The molecule has 0 fully saturated rings. The number of allylic oxidation sites excluding steroid dienone is 2. The van der Waals surface area contributed by atoms with Crippen LogP contribution in [-0.2, 0) is 7.05 Å². The van der Waals surface area contributed by atoms with E-state index in [1.165, 1.54) is 27.7 Å². The molecule has 0 radical (unpaired) electrons. The second-order valence-electron chi connectivity index (χ2n) is 7.16. The van der Waals surface area contributed by atoms with Crippen LogP contribution in [-0.4, -0.2) is 4.57 Å². The SMILES string of the molecule is C=C(C)N(/C(=C\C)c1cccc(C(C)C)c1)c1cccc2c1ccn2C.CC. The van der Waals surface area contributed by atoms with Crippen molar-refractivity contribution >= 4 is 22.3 Å². The zero-order valence-corrected chi connectivity index (χ0v) is 18.5. The zero-order chi connectivity index (χ0) is 20.8. The largest absolute Gasteiger partial charge is 0.350 e. The van der Waals surface area contributed by atoms with Crippen molar-refractivity contribution in [1.29, 1.82) is 0 Å². The van der Waals surface area contributed by atoms with Gasteiger partial charge in [0.25, 0.3) is 0 Å². The maximum atomic E-state index is 4.28. The van der Waals surface area contributed by atoms with Crippen LogP contribution in [0.4, 0.5) is 5.69 Å². The summed E-state index contributed by atoms with van der Waals surface area (Å²) < 4.78 is 2.16. The van der Waals surface area contributed by atoms with E-state index in [1.54, 1.807) is 0 Å². The van der Waals surface area contributed by atoms with E-state index < -0.39 is 0 Å². The van der Waals surface area contributed by atoms with Gasteiger partial charge in [0.15, 0.2) is 0 Å². The molecule has 0 unspecified atom stereocenters. The second kappa shape index (κ2) is 9.45. The molecule has 0 spiro atoms. The summed E-state index contributed by atoms with van der Waals surface area (Å²) in [5, 5.41) is 1.23. The van der Waals surface area contributed by atoms with E-state index in [2.05, 4.69) is 112 Å². The molecular formula is C26H34N2. The van der Waals surface area contributed by atoms with Gasteiger partial charge in [-0.15, -0.1) is 0 Å². The molecule has 3 rings (SSSR count). The molecule has 0 saturated heterocycles. The van der Waals surface area contributed by atoms with Crippen molar-refractivity contribution in [2.45, 2.75) is 47.5 Å². The van der Waals surface area contributed by atoms with Crippen molar-refractivity contribution in [1.82, 2.24) is 4.57 Å². The van der Waals surface area contributed by atoms with Crippen LogP contribution in [0.5, 0.6) is 0 Å². The summed E-state index contributed by atoms with van der Waals surface area (Å²) in [7, 11) is 2.08. The van der Waals surface area contributed by atoms with Gasteiger partial charge in [0.05, 0.1) is 5.69 Å². The number of hydrogen-bond acceptors (Lipinski definition) is 1. The first-order valence-corrected chi connectivity index (χ1v) is 10.2. The highest BCUT2D eigenvalue weighted by Gasteiger charge is 2.18. The molecule has 3 aromatic rings. The lowest BCUT2D eigenvalue weighted by Gasteiger charge is -2.29. The van der Waals surface area contributed by atoms with Crippen molar-refractivity contribution in [3.8, 4) is 0 Å². The first kappa shape index (κ1) is 21.6. The van der Waals surface area contributed by atoms with Gasteiger partial charge in [0, 0.05) is 35.5 Å². The number of aromatic nitrogens is 1. The standard InChI is InChI=1S/C24H28N2.C2H6/c1-7-22(20-11-8-10-19(16-20)17(2)3)26(18(4)5)24-13-9-12-23-21(24)14-15-25(23)6;1-2/h7-17H,4H2,1-3,5-6H3;1-2H3/b22-7-;. The fourth-order valence-electron chi connectivity index (χ4n) is 3.50. The lowest BCUT2D eigenvalue weighted by molar-refractivity contribution is 0.866. The monoisotopic (exact) mass is 374 g/mol. The molecule has 2 aromatic carbocycles. The topological polar surface area (TPSA) is 8.17 Å². The average Bonchev–Trinajstić information content (AvgIpc) is 3.09. The number of aryl methyl sites for hydroxylation is 1. The van der Waals surface area contributed by atoms with Gasteiger partial charge in [-0.3, -0.25) is 0 Å². The van der Waals surface area contributed by atoms with Crippen LogP contribution in [0.2, 0.25) is 0 Å². The second-order valence-corrected chi connectivity index (χ2v) is 7.16. The Labute approximate surface area is 170 Å². The summed E-state index contributed by atoms with van der Waals surface area (Å²) in [6.45, 7) is 16.9. The summed E-state index contributed by atoms with van der Waals surface area (Å²) in [5.74, 6) is 0.504. The molecule has 2 nitrogen and oxygen atoms in total. The zero-order valence-electron chi connectivity index (χ0n) is 18.5. The van der Waals surface area contributed by atoms with Crippen LogP contribution in [0.1, 0.15) is 58.6 Å². The van der Waals surface area contributed by atoms with E-state index in [0.717, 1.165) is 11.4 Å². The highest BCUT2D eigenvalue weighted by atomic mass is 15.2. The highest BCUT2D eigenvalue weighted by Crippen LogP contribution is 2.36. The lowest BCUT2D eigenvalue weighted by atomic mass is 9.98. The molecule has 1 aromatic heterocycles. The number of rotatable bonds is 5. The molecule has 148 valence electrons. The molecular weight excluding hydrogens is 340 g/mol. The Kier molecular flexibility index (Phi) is 7.28. The fraction of sp³-hybridized carbons (Fsp3) is 0.308. The molecule has 0 atom stereocenters. The van der Waals surface area contributed by atoms with E-state index in [4.69, 9.17) is 0 Å². The fourth-order valence-corrected chi connectivity index (χ4v) is 3.50. The summed E-state index contributed by atoms with van der Waals surface area (Å²) in [4.78, 5) is 2.27. The molecule has 0 amide bonds. The quantitative estimate of drug-likeness (QED) is 0.443. The van der Waals surface area contributed by atoms with Crippen LogP contribution in [0.3, 0.4) is 0 Å². The summed E-state index contributed by atoms with van der Waals surface area (Å²) >= 11 is 0. The normalized spacial score (nSPS) is 11.4. The predicted molar refractivity (Wildman–Crippen MR) is 126 cm³/mol. The molecule has 0 aliphatic heterocycles. The van der Waals surface area contributed by atoms with E-state index in [1.807, 2.05) is 13.8 Å². The van der Waals surface area contributed by atoms with Gasteiger partial charge in [0.2, 0.25) is 0 Å². The van der Waals surface area contributed by atoms with E-state index in [0.29, 0.717) is 5.92 Å². The van der Waals surface area contributed by atoms with Crippen molar-refractivity contribution in [3.63, 3.8) is 0 Å². The maximum Gasteiger partial charge on any atom is 0.0552 e. The van der Waals surface area contributed by atoms with Gasteiger partial charge in [-0.1, -0.05) is 64.6 Å². The molecule has 0 N–H and O–H groups in total. The average molecular weight is 375 g/mol. The number of fused-ring (bicyclic) bond motifs is 1. The first-order chi connectivity index (χ1) is 13.4. The minimum absolute atomic E-state index is 0.504. The van der Waals surface area contributed by atoms with Gasteiger partial charge in [-0.05, 0) is 55.2 Å². The Bertz CT molecular complexity index is 973. The van der Waals surface area contributed by atoms with Crippen LogP contribution in [0.15, 0.2) is 73.1 Å². The van der Waals surface area contributed by atoms with Gasteiger partial charge < -0.3 is 9.47 Å². The predicted octanol–water partition coefficient (Wildman–Crippen LogP) is 7.73. The van der Waals surface area contributed by atoms with E-state index >= 15 is 0 Å². The van der Waals surface area contributed by atoms with Gasteiger partial charge >= 0.3 is 0 Å². The Balaban J connectivity index is 0.00000136. The van der Waals surface area contributed by atoms with E-state index in [9.17, 15) is 0 Å². The minimum atomic E-state index is 0.504.